The first kappa shape index (κ1) is 10.1. The van der Waals surface area contributed by atoms with Crippen LogP contribution < -0.4 is 0 Å². The van der Waals surface area contributed by atoms with Gasteiger partial charge in [0.05, 0.1) is 6.10 Å². The van der Waals surface area contributed by atoms with Crippen molar-refractivity contribution in [3.05, 3.63) is 11.6 Å². The Bertz CT molecular complexity index is 145. The quantitative estimate of drug-likeness (QED) is 0.660. The highest BCUT2D eigenvalue weighted by atomic mass is 35.5. The summed E-state index contributed by atoms with van der Waals surface area (Å²) in [5, 5.41) is 0. The molecular weight excluding hydrogens is 172 g/mol. The molecule has 0 aromatic rings. The van der Waals surface area contributed by atoms with Crippen molar-refractivity contribution in [1.29, 1.82) is 0 Å². The van der Waals surface area contributed by atoms with Crippen LogP contribution in [0, 0.1) is 5.92 Å². The molecule has 1 saturated heterocycles. The highest BCUT2D eigenvalue weighted by Gasteiger charge is 2.19. The van der Waals surface area contributed by atoms with E-state index in [1.165, 1.54) is 19.3 Å². The molecule has 2 atom stereocenters. The van der Waals surface area contributed by atoms with E-state index >= 15 is 0 Å². The molecule has 0 aromatic heterocycles. The average Bonchev–Trinajstić information content (AvgIpc) is 2.15. The normalized spacial score (nSPS) is 31.2. The van der Waals surface area contributed by atoms with Gasteiger partial charge in [-0.05, 0) is 25.2 Å². The maximum Gasteiger partial charge on any atom is 0.0612 e. The van der Waals surface area contributed by atoms with Crippen molar-refractivity contribution >= 4 is 11.6 Å². The lowest BCUT2D eigenvalue weighted by Gasteiger charge is -2.28. The van der Waals surface area contributed by atoms with Gasteiger partial charge < -0.3 is 4.74 Å². The van der Waals surface area contributed by atoms with Gasteiger partial charge in [0.25, 0.3) is 0 Å². The first-order chi connectivity index (χ1) is 5.86. The van der Waals surface area contributed by atoms with Crippen molar-refractivity contribution < 1.29 is 4.74 Å². The molecule has 70 valence electrons. The Morgan fingerprint density at radius 2 is 2.42 bits per heavy atom. The van der Waals surface area contributed by atoms with Gasteiger partial charge >= 0.3 is 0 Å². The van der Waals surface area contributed by atoms with Crippen LogP contribution in [0.25, 0.3) is 0 Å². The van der Waals surface area contributed by atoms with Crippen LogP contribution in [0.3, 0.4) is 0 Å². The molecule has 1 rings (SSSR count). The van der Waals surface area contributed by atoms with Gasteiger partial charge in [-0.25, -0.2) is 0 Å². The van der Waals surface area contributed by atoms with Crippen molar-refractivity contribution in [3.63, 3.8) is 0 Å². The predicted molar refractivity (Wildman–Crippen MR) is 52.4 cm³/mol. The second-order valence-corrected chi connectivity index (χ2v) is 3.64. The highest BCUT2D eigenvalue weighted by Crippen LogP contribution is 2.24. The molecule has 0 saturated carbocycles. The van der Waals surface area contributed by atoms with Crippen molar-refractivity contribution in [1.82, 2.24) is 0 Å². The molecule has 0 spiro atoms. The van der Waals surface area contributed by atoms with Gasteiger partial charge in [-0.3, -0.25) is 0 Å². The molecule has 0 amide bonds. The maximum absolute atomic E-state index is 5.60. The summed E-state index contributed by atoms with van der Waals surface area (Å²) in [6.07, 6.45) is 7.09. The summed E-state index contributed by atoms with van der Waals surface area (Å²) in [5.41, 5.74) is 1.58. The smallest absolute Gasteiger partial charge is 0.0612 e. The molecule has 0 N–H and O–H groups in total. The van der Waals surface area contributed by atoms with Gasteiger partial charge in [0, 0.05) is 12.1 Å². The molecule has 0 aromatic carbocycles. The topological polar surface area (TPSA) is 9.23 Å². The maximum atomic E-state index is 5.60. The van der Waals surface area contributed by atoms with Crippen LogP contribution in [-0.2, 0) is 4.74 Å². The molecule has 1 aliphatic heterocycles. The SMILES string of the molecule is CCC1CCOC(CC=CCl)C1. The number of halogens is 1. The summed E-state index contributed by atoms with van der Waals surface area (Å²) >= 11 is 5.45. The molecule has 1 aliphatic rings. The van der Waals surface area contributed by atoms with Gasteiger partial charge in [-0.1, -0.05) is 31.0 Å². The standard InChI is InChI=1S/C10H17ClO/c1-2-9-5-7-12-10(8-9)4-3-6-11/h3,6,9-10H,2,4-5,7-8H2,1H3. The van der Waals surface area contributed by atoms with Crippen molar-refractivity contribution in [3.8, 4) is 0 Å². The van der Waals surface area contributed by atoms with Crippen LogP contribution in [0.2, 0.25) is 0 Å². The molecule has 2 heteroatoms. The molecule has 1 fully saturated rings. The number of ether oxygens (including phenoxy) is 1. The van der Waals surface area contributed by atoms with Crippen molar-refractivity contribution in [2.45, 2.75) is 38.7 Å². The zero-order valence-electron chi connectivity index (χ0n) is 7.63. The first-order valence-corrected chi connectivity index (χ1v) is 5.17. The lowest BCUT2D eigenvalue weighted by atomic mass is 9.92. The fourth-order valence-electron chi connectivity index (χ4n) is 1.70. The van der Waals surface area contributed by atoms with Crippen LogP contribution in [0.1, 0.15) is 32.6 Å². The van der Waals surface area contributed by atoms with Gasteiger partial charge in [-0.15, -0.1) is 0 Å². The van der Waals surface area contributed by atoms with E-state index < -0.39 is 0 Å². The van der Waals surface area contributed by atoms with Crippen LogP contribution in [0.15, 0.2) is 11.6 Å². The lowest BCUT2D eigenvalue weighted by Crippen LogP contribution is -2.24. The Morgan fingerprint density at radius 3 is 3.08 bits per heavy atom. The molecule has 12 heavy (non-hydrogen) atoms. The minimum absolute atomic E-state index is 0.415. The lowest BCUT2D eigenvalue weighted by molar-refractivity contribution is -0.00723. The minimum atomic E-state index is 0.415. The molecule has 0 radical (unpaired) electrons. The Labute approximate surface area is 79.7 Å². The predicted octanol–water partition coefficient (Wildman–Crippen LogP) is 3.33. The monoisotopic (exact) mass is 188 g/mol. The Hall–Kier alpha value is -0.0100. The zero-order chi connectivity index (χ0) is 8.81. The number of rotatable bonds is 3. The minimum Gasteiger partial charge on any atom is -0.378 e. The summed E-state index contributed by atoms with van der Waals surface area (Å²) < 4.78 is 5.60. The molecular formula is C10H17ClO. The number of hydrogen-bond acceptors (Lipinski definition) is 1. The second kappa shape index (κ2) is 5.60. The van der Waals surface area contributed by atoms with E-state index in [0.29, 0.717) is 6.10 Å². The summed E-state index contributed by atoms with van der Waals surface area (Å²) in [4.78, 5) is 0. The Morgan fingerprint density at radius 1 is 1.58 bits per heavy atom. The molecule has 0 bridgehead atoms. The van der Waals surface area contributed by atoms with Crippen LogP contribution in [0.4, 0.5) is 0 Å². The third-order valence-corrected chi connectivity index (χ3v) is 2.72. The first-order valence-electron chi connectivity index (χ1n) is 4.73. The van der Waals surface area contributed by atoms with Gasteiger partial charge in [-0.2, -0.15) is 0 Å². The van der Waals surface area contributed by atoms with E-state index in [-0.39, 0.29) is 0 Å². The van der Waals surface area contributed by atoms with Crippen molar-refractivity contribution in [2.75, 3.05) is 6.61 Å². The third kappa shape index (κ3) is 3.16. The van der Waals surface area contributed by atoms with Crippen LogP contribution >= 0.6 is 11.6 Å². The highest BCUT2D eigenvalue weighted by molar-refractivity contribution is 6.25. The van der Waals surface area contributed by atoms with E-state index in [9.17, 15) is 0 Å². The summed E-state index contributed by atoms with van der Waals surface area (Å²) in [7, 11) is 0. The van der Waals surface area contributed by atoms with Gasteiger partial charge in [0.15, 0.2) is 0 Å². The molecule has 1 heterocycles. The third-order valence-electron chi connectivity index (χ3n) is 2.54. The zero-order valence-corrected chi connectivity index (χ0v) is 8.39. The van der Waals surface area contributed by atoms with Crippen molar-refractivity contribution in [2.24, 2.45) is 5.92 Å². The van der Waals surface area contributed by atoms with Crippen LogP contribution in [-0.4, -0.2) is 12.7 Å². The molecule has 0 aliphatic carbocycles. The fourth-order valence-corrected chi connectivity index (χ4v) is 1.80. The second-order valence-electron chi connectivity index (χ2n) is 3.39. The van der Waals surface area contributed by atoms with E-state index in [1.807, 2.05) is 6.08 Å². The molecule has 2 unspecified atom stereocenters. The fraction of sp³-hybridized carbons (Fsp3) is 0.800. The Balaban J connectivity index is 2.25. The number of hydrogen-bond donors (Lipinski definition) is 0. The van der Waals surface area contributed by atoms with Gasteiger partial charge in [0.2, 0.25) is 0 Å². The summed E-state index contributed by atoms with van der Waals surface area (Å²) in [6.45, 7) is 3.18. The van der Waals surface area contributed by atoms with E-state index in [2.05, 4.69) is 6.92 Å². The largest absolute Gasteiger partial charge is 0.378 e. The van der Waals surface area contributed by atoms with Gasteiger partial charge in [0.1, 0.15) is 0 Å². The van der Waals surface area contributed by atoms with E-state index in [1.54, 1.807) is 5.54 Å². The molecule has 1 nitrogen and oxygen atoms in total. The van der Waals surface area contributed by atoms with Crippen LogP contribution in [0.5, 0.6) is 0 Å². The average molecular weight is 189 g/mol. The van der Waals surface area contributed by atoms with E-state index in [0.717, 1.165) is 18.9 Å². The van der Waals surface area contributed by atoms with E-state index in [4.69, 9.17) is 16.3 Å². The Kier molecular flexibility index (Phi) is 4.70. The summed E-state index contributed by atoms with van der Waals surface area (Å²) in [5.74, 6) is 0.868. The summed E-state index contributed by atoms with van der Waals surface area (Å²) in [6, 6.07) is 0.